The van der Waals surface area contributed by atoms with Crippen molar-refractivity contribution in [3.63, 3.8) is 0 Å². The summed E-state index contributed by atoms with van der Waals surface area (Å²) >= 11 is 1.30. The molecule has 0 saturated heterocycles. The van der Waals surface area contributed by atoms with Crippen molar-refractivity contribution in [3.05, 3.63) is 28.0 Å². The second-order valence-corrected chi connectivity index (χ2v) is 3.56. The van der Waals surface area contributed by atoms with Crippen molar-refractivity contribution in [3.8, 4) is 0 Å². The van der Waals surface area contributed by atoms with Crippen LogP contribution in [0.4, 0.5) is 0 Å². The van der Waals surface area contributed by atoms with Gasteiger partial charge in [-0.3, -0.25) is 4.79 Å². The summed E-state index contributed by atoms with van der Waals surface area (Å²) < 4.78 is 4.59. The molecule has 0 bridgehead atoms. The monoisotopic (exact) mass is 210 g/mol. The highest BCUT2D eigenvalue weighted by molar-refractivity contribution is 7.12. The molecule has 0 radical (unpaired) electrons. The lowest BCUT2D eigenvalue weighted by Gasteiger charge is -1.95. The second-order valence-electron chi connectivity index (χ2n) is 2.64. The van der Waals surface area contributed by atoms with E-state index in [9.17, 15) is 9.59 Å². The Morgan fingerprint density at radius 2 is 2.21 bits per heavy atom. The third-order valence-corrected chi connectivity index (χ3v) is 2.47. The van der Waals surface area contributed by atoms with E-state index in [0.717, 1.165) is 5.56 Å². The first-order chi connectivity index (χ1) is 6.65. The number of methoxy groups -OCH3 is 1. The van der Waals surface area contributed by atoms with E-state index in [0.29, 0.717) is 4.88 Å². The number of thiophene rings is 1. The van der Waals surface area contributed by atoms with Gasteiger partial charge in [-0.25, -0.2) is 4.79 Å². The average Bonchev–Trinajstić information content (AvgIpc) is 2.61. The molecule has 0 aromatic carbocycles. The van der Waals surface area contributed by atoms with Gasteiger partial charge in [-0.2, -0.15) is 0 Å². The Morgan fingerprint density at radius 3 is 2.79 bits per heavy atom. The predicted octanol–water partition coefficient (Wildman–Crippen LogP) is 2.14. The SMILES string of the molecule is COC(=O)c1sccc1/C=C/C(C)=O. The van der Waals surface area contributed by atoms with E-state index in [1.54, 1.807) is 17.5 Å². The number of esters is 1. The van der Waals surface area contributed by atoms with Crippen molar-refractivity contribution in [2.75, 3.05) is 7.11 Å². The number of carbonyl (C=O) groups is 2. The van der Waals surface area contributed by atoms with Crippen molar-refractivity contribution < 1.29 is 14.3 Å². The summed E-state index contributed by atoms with van der Waals surface area (Å²) in [5.41, 5.74) is 0.719. The molecule has 1 aromatic rings. The van der Waals surface area contributed by atoms with Crippen LogP contribution in [0.3, 0.4) is 0 Å². The molecule has 0 unspecified atom stereocenters. The van der Waals surface area contributed by atoms with Crippen LogP contribution in [0, 0.1) is 0 Å². The maximum absolute atomic E-state index is 11.2. The molecule has 3 nitrogen and oxygen atoms in total. The van der Waals surface area contributed by atoms with Gasteiger partial charge in [-0.05, 0) is 36.1 Å². The molecule has 1 heterocycles. The molecule has 0 atom stereocenters. The summed E-state index contributed by atoms with van der Waals surface area (Å²) in [7, 11) is 1.33. The summed E-state index contributed by atoms with van der Waals surface area (Å²) in [5, 5.41) is 1.78. The minimum atomic E-state index is -0.372. The first-order valence-electron chi connectivity index (χ1n) is 3.99. The van der Waals surface area contributed by atoms with Gasteiger partial charge in [-0.15, -0.1) is 11.3 Å². The van der Waals surface area contributed by atoms with Gasteiger partial charge in [0, 0.05) is 0 Å². The molecule has 1 aromatic heterocycles. The van der Waals surface area contributed by atoms with Gasteiger partial charge < -0.3 is 4.74 Å². The Kier molecular flexibility index (Phi) is 3.59. The molecule has 0 aliphatic heterocycles. The molecule has 0 aliphatic carbocycles. The standard InChI is InChI=1S/C10H10O3S/c1-7(11)3-4-8-5-6-14-9(8)10(12)13-2/h3-6H,1-2H3/b4-3+. The zero-order valence-corrected chi connectivity index (χ0v) is 8.76. The molecular weight excluding hydrogens is 200 g/mol. The third kappa shape index (κ3) is 2.53. The highest BCUT2D eigenvalue weighted by Crippen LogP contribution is 2.19. The molecule has 0 aliphatic rings. The Labute approximate surface area is 86.0 Å². The van der Waals surface area contributed by atoms with Crippen LogP contribution in [-0.2, 0) is 9.53 Å². The minimum absolute atomic E-state index is 0.0491. The molecule has 0 amide bonds. The van der Waals surface area contributed by atoms with Gasteiger partial charge in [0.2, 0.25) is 0 Å². The fourth-order valence-corrected chi connectivity index (χ4v) is 1.72. The molecule has 14 heavy (non-hydrogen) atoms. The van der Waals surface area contributed by atoms with Gasteiger partial charge in [-0.1, -0.05) is 0 Å². The van der Waals surface area contributed by atoms with Crippen molar-refractivity contribution >= 4 is 29.2 Å². The van der Waals surface area contributed by atoms with Crippen LogP contribution in [0.2, 0.25) is 0 Å². The van der Waals surface area contributed by atoms with Crippen LogP contribution < -0.4 is 0 Å². The molecular formula is C10H10O3S. The summed E-state index contributed by atoms with van der Waals surface area (Å²) in [6.07, 6.45) is 3.04. The summed E-state index contributed by atoms with van der Waals surface area (Å²) in [5.74, 6) is -0.421. The lowest BCUT2D eigenvalue weighted by Crippen LogP contribution is -1.99. The quantitative estimate of drug-likeness (QED) is 0.567. The summed E-state index contributed by atoms with van der Waals surface area (Å²) in [6.45, 7) is 1.46. The van der Waals surface area contributed by atoms with Gasteiger partial charge >= 0.3 is 5.97 Å². The van der Waals surface area contributed by atoms with Gasteiger partial charge in [0.05, 0.1) is 7.11 Å². The van der Waals surface area contributed by atoms with E-state index >= 15 is 0 Å². The smallest absolute Gasteiger partial charge is 0.348 e. The van der Waals surface area contributed by atoms with Gasteiger partial charge in [0.15, 0.2) is 5.78 Å². The Morgan fingerprint density at radius 1 is 1.50 bits per heavy atom. The Balaban J connectivity index is 2.93. The Hall–Kier alpha value is -1.42. The first kappa shape index (κ1) is 10.7. The van der Waals surface area contributed by atoms with E-state index in [1.807, 2.05) is 0 Å². The third-order valence-electron chi connectivity index (χ3n) is 1.56. The number of ketones is 1. The fraction of sp³-hybridized carbons (Fsp3) is 0.200. The number of rotatable bonds is 3. The lowest BCUT2D eigenvalue weighted by molar-refractivity contribution is -0.112. The average molecular weight is 210 g/mol. The molecule has 0 N–H and O–H groups in total. The van der Waals surface area contributed by atoms with Crippen LogP contribution in [0.5, 0.6) is 0 Å². The summed E-state index contributed by atoms with van der Waals surface area (Å²) in [4.78, 5) is 22.4. The normalized spacial score (nSPS) is 10.4. The topological polar surface area (TPSA) is 43.4 Å². The van der Waals surface area contributed by atoms with Crippen LogP contribution in [0.15, 0.2) is 17.5 Å². The van der Waals surface area contributed by atoms with Crippen molar-refractivity contribution in [1.29, 1.82) is 0 Å². The summed E-state index contributed by atoms with van der Waals surface area (Å²) in [6, 6.07) is 1.77. The van der Waals surface area contributed by atoms with E-state index < -0.39 is 0 Å². The van der Waals surface area contributed by atoms with Crippen molar-refractivity contribution in [2.24, 2.45) is 0 Å². The highest BCUT2D eigenvalue weighted by Gasteiger charge is 2.10. The largest absolute Gasteiger partial charge is 0.465 e. The van der Waals surface area contributed by atoms with E-state index in [4.69, 9.17) is 0 Å². The van der Waals surface area contributed by atoms with Gasteiger partial charge in [0.25, 0.3) is 0 Å². The lowest BCUT2D eigenvalue weighted by atomic mass is 10.2. The van der Waals surface area contributed by atoms with Crippen LogP contribution >= 0.6 is 11.3 Å². The number of allylic oxidation sites excluding steroid dienone is 1. The number of carbonyl (C=O) groups excluding carboxylic acids is 2. The van der Waals surface area contributed by atoms with E-state index in [-0.39, 0.29) is 11.8 Å². The number of hydrogen-bond donors (Lipinski definition) is 0. The maximum atomic E-state index is 11.2. The fourth-order valence-electron chi connectivity index (χ4n) is 0.916. The van der Waals surface area contributed by atoms with Crippen LogP contribution in [-0.4, -0.2) is 18.9 Å². The second kappa shape index (κ2) is 4.72. The molecule has 1 rings (SSSR count). The van der Waals surface area contributed by atoms with Crippen molar-refractivity contribution in [1.82, 2.24) is 0 Å². The predicted molar refractivity (Wildman–Crippen MR) is 55.4 cm³/mol. The Bertz CT molecular complexity index is 376. The zero-order chi connectivity index (χ0) is 10.6. The molecule has 0 fully saturated rings. The van der Waals surface area contributed by atoms with Crippen LogP contribution in [0.1, 0.15) is 22.2 Å². The van der Waals surface area contributed by atoms with Gasteiger partial charge in [0.1, 0.15) is 4.88 Å². The van der Waals surface area contributed by atoms with E-state index in [2.05, 4.69) is 4.74 Å². The minimum Gasteiger partial charge on any atom is -0.465 e. The zero-order valence-electron chi connectivity index (χ0n) is 7.94. The number of hydrogen-bond acceptors (Lipinski definition) is 4. The molecule has 0 spiro atoms. The van der Waals surface area contributed by atoms with Crippen LogP contribution in [0.25, 0.3) is 6.08 Å². The van der Waals surface area contributed by atoms with E-state index in [1.165, 1.54) is 31.4 Å². The first-order valence-corrected chi connectivity index (χ1v) is 4.87. The highest BCUT2D eigenvalue weighted by atomic mass is 32.1. The van der Waals surface area contributed by atoms with Crippen molar-refractivity contribution in [2.45, 2.75) is 6.92 Å². The maximum Gasteiger partial charge on any atom is 0.348 e. The number of ether oxygens (including phenoxy) is 1. The molecule has 74 valence electrons. The molecule has 4 heteroatoms. The molecule has 0 saturated carbocycles.